The van der Waals surface area contributed by atoms with Crippen LogP contribution in [-0.4, -0.2) is 29.3 Å². The summed E-state index contributed by atoms with van der Waals surface area (Å²) in [6.07, 6.45) is 5.69. The van der Waals surface area contributed by atoms with Crippen LogP contribution >= 0.6 is 11.3 Å². The van der Waals surface area contributed by atoms with Crippen LogP contribution in [0.1, 0.15) is 28.0 Å². The number of ether oxygens (including phenoxy) is 1. The fourth-order valence-corrected chi connectivity index (χ4v) is 1.66. The van der Waals surface area contributed by atoms with Crippen molar-refractivity contribution in [3.05, 3.63) is 22.2 Å². The molecule has 15 heavy (non-hydrogen) atoms. The van der Waals surface area contributed by atoms with Gasteiger partial charge in [0.1, 0.15) is 9.88 Å². The number of hydrogen-bond donors (Lipinski definition) is 1. The van der Waals surface area contributed by atoms with Crippen molar-refractivity contribution in [2.75, 3.05) is 13.2 Å². The van der Waals surface area contributed by atoms with Gasteiger partial charge in [-0.3, -0.25) is 0 Å². The van der Waals surface area contributed by atoms with E-state index in [-0.39, 0.29) is 12.6 Å². The lowest BCUT2D eigenvalue weighted by Gasteiger charge is -1.95. The van der Waals surface area contributed by atoms with E-state index in [0.29, 0.717) is 17.9 Å². The molecule has 0 aliphatic heterocycles. The number of carbonyl (C=O) groups is 1. The van der Waals surface area contributed by atoms with E-state index < -0.39 is 0 Å². The van der Waals surface area contributed by atoms with Crippen molar-refractivity contribution >= 4 is 23.4 Å². The third kappa shape index (κ3) is 3.81. The van der Waals surface area contributed by atoms with E-state index in [9.17, 15) is 4.79 Å². The second kappa shape index (κ2) is 6.31. The van der Waals surface area contributed by atoms with E-state index in [1.807, 2.05) is 6.08 Å². The van der Waals surface area contributed by atoms with Crippen molar-refractivity contribution in [1.82, 2.24) is 4.98 Å². The van der Waals surface area contributed by atoms with E-state index in [4.69, 9.17) is 9.84 Å². The van der Waals surface area contributed by atoms with E-state index in [1.54, 1.807) is 13.0 Å². The summed E-state index contributed by atoms with van der Waals surface area (Å²) in [6, 6.07) is 0. The summed E-state index contributed by atoms with van der Waals surface area (Å²) in [5, 5.41) is 9.31. The number of nitrogens with zero attached hydrogens (tertiary/aromatic N) is 1. The first-order chi connectivity index (χ1) is 7.27. The average Bonchev–Trinajstić information content (AvgIpc) is 2.67. The largest absolute Gasteiger partial charge is 0.462 e. The number of aromatic nitrogens is 1. The third-order valence-corrected chi connectivity index (χ3v) is 2.50. The highest BCUT2D eigenvalue weighted by Gasteiger charge is 2.09. The molecule has 82 valence electrons. The number of rotatable bonds is 5. The molecule has 0 aromatic carbocycles. The van der Waals surface area contributed by atoms with Crippen LogP contribution in [-0.2, 0) is 4.74 Å². The van der Waals surface area contributed by atoms with Crippen LogP contribution in [0.5, 0.6) is 0 Å². The Labute approximate surface area is 92.2 Å². The highest BCUT2D eigenvalue weighted by molar-refractivity contribution is 7.14. The molecule has 0 saturated heterocycles. The fourth-order valence-electron chi connectivity index (χ4n) is 0.920. The summed E-state index contributed by atoms with van der Waals surface area (Å²) < 4.78 is 4.83. The lowest BCUT2D eigenvalue weighted by molar-refractivity contribution is 0.0532. The molecule has 0 aliphatic rings. The van der Waals surface area contributed by atoms with Crippen molar-refractivity contribution in [2.45, 2.75) is 13.3 Å². The van der Waals surface area contributed by atoms with Crippen LogP contribution in [0.4, 0.5) is 0 Å². The molecule has 5 heteroatoms. The van der Waals surface area contributed by atoms with Crippen LogP contribution in [0, 0.1) is 0 Å². The van der Waals surface area contributed by atoms with E-state index >= 15 is 0 Å². The predicted molar refractivity (Wildman–Crippen MR) is 58.8 cm³/mol. The maximum atomic E-state index is 11.3. The summed E-state index contributed by atoms with van der Waals surface area (Å²) in [5.41, 5.74) is 0. The number of carbonyl (C=O) groups excluding carboxylic acids is 1. The van der Waals surface area contributed by atoms with Gasteiger partial charge in [-0.1, -0.05) is 6.08 Å². The van der Waals surface area contributed by atoms with Gasteiger partial charge in [-0.15, -0.1) is 11.3 Å². The number of aliphatic hydroxyl groups excluding tert-OH is 1. The Morgan fingerprint density at radius 3 is 3.20 bits per heavy atom. The predicted octanol–water partition coefficient (Wildman–Crippen LogP) is 1.72. The summed E-state index contributed by atoms with van der Waals surface area (Å²) in [7, 11) is 0. The second-order valence-corrected chi connectivity index (χ2v) is 3.76. The van der Waals surface area contributed by atoms with E-state index in [2.05, 4.69) is 4.98 Å². The maximum absolute atomic E-state index is 11.3. The minimum atomic E-state index is -0.336. The van der Waals surface area contributed by atoms with Gasteiger partial charge in [0.2, 0.25) is 0 Å². The zero-order valence-electron chi connectivity index (χ0n) is 8.47. The van der Waals surface area contributed by atoms with Crippen molar-refractivity contribution in [2.24, 2.45) is 0 Å². The van der Waals surface area contributed by atoms with Crippen LogP contribution in [0.25, 0.3) is 6.08 Å². The fraction of sp³-hybridized carbons (Fsp3) is 0.400. The minimum Gasteiger partial charge on any atom is -0.462 e. The van der Waals surface area contributed by atoms with Gasteiger partial charge in [-0.25, -0.2) is 9.78 Å². The number of esters is 1. The number of hydrogen-bond acceptors (Lipinski definition) is 5. The maximum Gasteiger partial charge on any atom is 0.349 e. The minimum absolute atomic E-state index is 0.118. The SMILES string of the molecule is CCOC(=O)c1cnc(C=CCCO)s1. The molecule has 1 aromatic heterocycles. The summed E-state index contributed by atoms with van der Waals surface area (Å²) >= 11 is 1.28. The molecule has 0 saturated carbocycles. The lowest BCUT2D eigenvalue weighted by Crippen LogP contribution is -2.01. The van der Waals surface area contributed by atoms with Crippen LogP contribution in [0.2, 0.25) is 0 Å². The number of thiazole rings is 1. The summed E-state index contributed by atoms with van der Waals surface area (Å²) in [4.78, 5) is 15.8. The monoisotopic (exact) mass is 227 g/mol. The quantitative estimate of drug-likeness (QED) is 0.778. The first-order valence-electron chi connectivity index (χ1n) is 4.68. The zero-order valence-corrected chi connectivity index (χ0v) is 9.29. The molecule has 1 aromatic rings. The van der Waals surface area contributed by atoms with Crippen molar-refractivity contribution < 1.29 is 14.6 Å². The Morgan fingerprint density at radius 1 is 1.73 bits per heavy atom. The van der Waals surface area contributed by atoms with Gasteiger partial charge in [-0.2, -0.15) is 0 Å². The Kier molecular flexibility index (Phi) is 5.00. The molecule has 0 fully saturated rings. The molecule has 0 radical (unpaired) electrons. The molecule has 0 unspecified atom stereocenters. The van der Waals surface area contributed by atoms with Gasteiger partial charge in [0.05, 0.1) is 12.8 Å². The van der Waals surface area contributed by atoms with Gasteiger partial charge in [-0.05, 0) is 19.4 Å². The van der Waals surface area contributed by atoms with Crippen molar-refractivity contribution in [1.29, 1.82) is 0 Å². The molecule has 0 spiro atoms. The number of aliphatic hydroxyl groups is 1. The third-order valence-electron chi connectivity index (χ3n) is 1.56. The van der Waals surface area contributed by atoms with Crippen molar-refractivity contribution in [3.63, 3.8) is 0 Å². The molecule has 1 N–H and O–H groups in total. The zero-order chi connectivity index (χ0) is 11.1. The Morgan fingerprint density at radius 2 is 2.53 bits per heavy atom. The normalized spacial score (nSPS) is 10.8. The molecule has 4 nitrogen and oxygen atoms in total. The summed E-state index contributed by atoms with van der Waals surface area (Å²) in [6.45, 7) is 2.25. The molecule has 1 rings (SSSR count). The second-order valence-electron chi connectivity index (χ2n) is 2.70. The molecule has 0 bridgehead atoms. The van der Waals surface area contributed by atoms with E-state index in [1.165, 1.54) is 17.5 Å². The molecular formula is C10H13NO3S. The molecule has 0 atom stereocenters. The first-order valence-corrected chi connectivity index (χ1v) is 5.50. The van der Waals surface area contributed by atoms with Gasteiger partial charge < -0.3 is 9.84 Å². The average molecular weight is 227 g/mol. The standard InChI is InChI=1S/C10H13NO3S/c1-2-14-10(13)8-7-11-9(15-8)5-3-4-6-12/h3,5,7,12H,2,4,6H2,1H3. The van der Waals surface area contributed by atoms with E-state index in [0.717, 1.165) is 5.01 Å². The Balaban J connectivity index is 2.59. The van der Waals surface area contributed by atoms with Crippen LogP contribution in [0.15, 0.2) is 12.3 Å². The molecular weight excluding hydrogens is 214 g/mol. The van der Waals surface area contributed by atoms with Gasteiger partial charge in [0.25, 0.3) is 0 Å². The molecule has 0 aliphatic carbocycles. The topological polar surface area (TPSA) is 59.4 Å². The highest BCUT2D eigenvalue weighted by atomic mass is 32.1. The smallest absolute Gasteiger partial charge is 0.349 e. The molecule has 0 amide bonds. The van der Waals surface area contributed by atoms with Gasteiger partial charge >= 0.3 is 5.97 Å². The first kappa shape index (κ1) is 11.9. The van der Waals surface area contributed by atoms with Gasteiger partial charge in [0.15, 0.2) is 0 Å². The van der Waals surface area contributed by atoms with Crippen molar-refractivity contribution in [3.8, 4) is 0 Å². The Bertz CT molecular complexity index is 346. The summed E-state index contributed by atoms with van der Waals surface area (Å²) in [5.74, 6) is -0.336. The van der Waals surface area contributed by atoms with Crippen LogP contribution in [0.3, 0.4) is 0 Å². The molecule has 1 heterocycles. The van der Waals surface area contributed by atoms with Gasteiger partial charge in [0, 0.05) is 6.61 Å². The van der Waals surface area contributed by atoms with Crippen LogP contribution < -0.4 is 0 Å². The highest BCUT2D eigenvalue weighted by Crippen LogP contribution is 2.15. The Hall–Kier alpha value is -1.20. The lowest BCUT2D eigenvalue weighted by atomic mass is 10.4.